The molecule has 1 atom stereocenters. The molecule has 33 heavy (non-hydrogen) atoms. The van der Waals surface area contributed by atoms with E-state index in [-0.39, 0.29) is 17.1 Å². The number of fused-ring (bicyclic) bond motifs is 1. The van der Waals surface area contributed by atoms with Crippen LogP contribution in [0.1, 0.15) is 36.0 Å². The molecule has 5 N–H and O–H groups in total. The maximum Gasteiger partial charge on any atom is 0.405 e. The number of benzene rings is 1. The van der Waals surface area contributed by atoms with Crippen LogP contribution in [0.25, 0.3) is 16.9 Å². The molecule has 8 nitrogen and oxygen atoms in total. The van der Waals surface area contributed by atoms with Gasteiger partial charge in [0.1, 0.15) is 24.4 Å². The molecule has 0 saturated heterocycles. The predicted molar refractivity (Wildman–Crippen MR) is 119 cm³/mol. The summed E-state index contributed by atoms with van der Waals surface area (Å²) in [4.78, 5) is 20.9. The van der Waals surface area contributed by atoms with Crippen LogP contribution < -0.4 is 16.4 Å². The zero-order valence-corrected chi connectivity index (χ0v) is 17.9. The van der Waals surface area contributed by atoms with Crippen molar-refractivity contribution in [3.8, 4) is 5.82 Å². The number of imidazole rings is 1. The number of aliphatic hydroxyl groups excluding tert-OH is 1. The van der Waals surface area contributed by atoms with E-state index in [9.17, 15) is 23.1 Å². The second-order valence-electron chi connectivity index (χ2n) is 7.31. The van der Waals surface area contributed by atoms with Gasteiger partial charge in [-0.25, -0.2) is 9.97 Å². The molecule has 0 aliphatic rings. The SMILES string of the molecule is C/C(N)=C/C=CNc1ccc2c(c1)ncn2-c1ccc(C(C)O)c(C(=O)NCC(F)(F)F)n1. The van der Waals surface area contributed by atoms with Crippen molar-refractivity contribution in [2.45, 2.75) is 26.1 Å². The van der Waals surface area contributed by atoms with Crippen molar-refractivity contribution in [3.63, 3.8) is 0 Å². The Kier molecular flexibility index (Phi) is 7.02. The number of aliphatic hydroxyl groups is 1. The number of amides is 1. The molecule has 3 rings (SSSR count). The van der Waals surface area contributed by atoms with Gasteiger partial charge in [0, 0.05) is 23.1 Å². The van der Waals surface area contributed by atoms with Gasteiger partial charge >= 0.3 is 6.18 Å². The van der Waals surface area contributed by atoms with E-state index in [1.165, 1.54) is 19.3 Å². The number of rotatable bonds is 7. The third-order valence-corrected chi connectivity index (χ3v) is 4.53. The van der Waals surface area contributed by atoms with Crippen molar-refractivity contribution in [1.29, 1.82) is 0 Å². The van der Waals surface area contributed by atoms with Crippen molar-refractivity contribution in [2.24, 2.45) is 5.73 Å². The van der Waals surface area contributed by atoms with Crippen molar-refractivity contribution in [3.05, 3.63) is 72.0 Å². The number of nitrogens with zero attached hydrogens (tertiary/aromatic N) is 3. The fourth-order valence-electron chi connectivity index (χ4n) is 3.01. The highest BCUT2D eigenvalue weighted by molar-refractivity contribution is 5.94. The number of pyridine rings is 1. The molecule has 2 aromatic heterocycles. The molecule has 0 spiro atoms. The first kappa shape index (κ1) is 23.8. The Morgan fingerprint density at radius 3 is 2.73 bits per heavy atom. The summed E-state index contributed by atoms with van der Waals surface area (Å²) in [5.41, 5.74) is 8.13. The fraction of sp³-hybridized carbons (Fsp3) is 0.227. The van der Waals surface area contributed by atoms with Crippen molar-refractivity contribution in [2.75, 3.05) is 11.9 Å². The number of nitrogens with two attached hydrogens (primary N) is 1. The number of hydrogen-bond acceptors (Lipinski definition) is 6. The summed E-state index contributed by atoms with van der Waals surface area (Å²) in [5, 5.41) is 14.8. The molecule has 0 saturated carbocycles. The van der Waals surface area contributed by atoms with E-state index in [1.807, 2.05) is 6.07 Å². The fourth-order valence-corrected chi connectivity index (χ4v) is 3.01. The van der Waals surface area contributed by atoms with Gasteiger partial charge in [-0.1, -0.05) is 6.07 Å². The quantitative estimate of drug-likeness (QED) is 0.401. The lowest BCUT2D eigenvalue weighted by molar-refractivity contribution is -0.123. The van der Waals surface area contributed by atoms with E-state index in [2.05, 4.69) is 15.3 Å². The zero-order valence-electron chi connectivity index (χ0n) is 17.9. The molecule has 11 heteroatoms. The van der Waals surface area contributed by atoms with Gasteiger partial charge < -0.3 is 21.5 Å². The molecule has 0 aliphatic heterocycles. The molecule has 174 valence electrons. The molecule has 3 aromatic rings. The minimum Gasteiger partial charge on any atom is -0.402 e. The first-order valence-corrected chi connectivity index (χ1v) is 9.92. The minimum absolute atomic E-state index is 0.114. The van der Waals surface area contributed by atoms with Crippen LogP contribution in [0, 0.1) is 0 Å². The normalized spacial score (nSPS) is 13.5. The average molecular weight is 460 g/mol. The Balaban J connectivity index is 1.92. The van der Waals surface area contributed by atoms with Crippen LogP contribution in [0.15, 0.2) is 60.7 Å². The summed E-state index contributed by atoms with van der Waals surface area (Å²) < 4.78 is 39.2. The summed E-state index contributed by atoms with van der Waals surface area (Å²) in [7, 11) is 0. The molecule has 0 aliphatic carbocycles. The molecule has 1 amide bonds. The first-order valence-electron chi connectivity index (χ1n) is 9.92. The van der Waals surface area contributed by atoms with E-state index in [0.717, 1.165) is 5.69 Å². The summed E-state index contributed by atoms with van der Waals surface area (Å²) >= 11 is 0. The van der Waals surface area contributed by atoms with E-state index in [4.69, 9.17) is 5.73 Å². The Labute approximate surface area is 187 Å². The van der Waals surface area contributed by atoms with Gasteiger partial charge in [-0.2, -0.15) is 13.2 Å². The van der Waals surface area contributed by atoms with E-state index in [1.54, 1.807) is 53.4 Å². The Morgan fingerprint density at radius 1 is 1.30 bits per heavy atom. The lowest BCUT2D eigenvalue weighted by Crippen LogP contribution is -2.35. The van der Waals surface area contributed by atoms with E-state index < -0.39 is 24.7 Å². The predicted octanol–water partition coefficient (Wildman–Crippen LogP) is 3.55. The zero-order chi connectivity index (χ0) is 24.2. The van der Waals surface area contributed by atoms with Gasteiger partial charge in [0.25, 0.3) is 5.91 Å². The molecule has 0 radical (unpaired) electrons. The number of alkyl halides is 3. The summed E-state index contributed by atoms with van der Waals surface area (Å²) in [6.07, 6.45) is 1.04. The van der Waals surface area contributed by atoms with Crippen LogP contribution in [-0.2, 0) is 0 Å². The van der Waals surface area contributed by atoms with Crippen molar-refractivity contribution in [1.82, 2.24) is 19.9 Å². The number of halogens is 3. The molecule has 1 aromatic carbocycles. The van der Waals surface area contributed by atoms with Gasteiger partial charge in [-0.05, 0) is 50.3 Å². The summed E-state index contributed by atoms with van der Waals surface area (Å²) in [5.74, 6) is -0.766. The highest BCUT2D eigenvalue weighted by Crippen LogP contribution is 2.24. The smallest absolute Gasteiger partial charge is 0.402 e. The highest BCUT2D eigenvalue weighted by Gasteiger charge is 2.29. The third kappa shape index (κ3) is 6.10. The largest absolute Gasteiger partial charge is 0.405 e. The highest BCUT2D eigenvalue weighted by atomic mass is 19.4. The van der Waals surface area contributed by atoms with Crippen LogP contribution in [0.4, 0.5) is 18.9 Å². The molecule has 0 bridgehead atoms. The number of aromatic nitrogens is 3. The third-order valence-electron chi connectivity index (χ3n) is 4.53. The standard InChI is InChI=1S/C22H23F3N6O2/c1-13(26)4-3-9-27-15-5-7-18-17(10-15)29-12-31(18)19-8-6-16(14(2)32)20(30-19)21(33)28-11-22(23,24)25/h3-10,12,14,27,32H,11,26H2,1-2H3,(H,28,33)/b9-3?,13-4-. The Morgan fingerprint density at radius 2 is 2.06 bits per heavy atom. The number of carbonyl (C=O) groups excluding carboxylic acids is 1. The van der Waals surface area contributed by atoms with Crippen LogP contribution in [0.5, 0.6) is 0 Å². The Bertz CT molecular complexity index is 1210. The summed E-state index contributed by atoms with van der Waals surface area (Å²) in [6, 6.07) is 8.41. The molecular formula is C22H23F3N6O2. The van der Waals surface area contributed by atoms with Crippen LogP contribution in [-0.4, -0.2) is 38.3 Å². The second kappa shape index (κ2) is 9.74. The van der Waals surface area contributed by atoms with Crippen molar-refractivity contribution < 1.29 is 23.1 Å². The first-order chi connectivity index (χ1) is 15.5. The number of hydrogen-bond donors (Lipinski definition) is 4. The van der Waals surface area contributed by atoms with Crippen LogP contribution in [0.2, 0.25) is 0 Å². The second-order valence-corrected chi connectivity index (χ2v) is 7.31. The topological polar surface area (TPSA) is 118 Å². The van der Waals surface area contributed by atoms with Gasteiger partial charge in [0.2, 0.25) is 0 Å². The lowest BCUT2D eigenvalue weighted by atomic mass is 10.1. The van der Waals surface area contributed by atoms with Gasteiger partial charge in [-0.15, -0.1) is 0 Å². The van der Waals surface area contributed by atoms with Gasteiger partial charge in [0.15, 0.2) is 0 Å². The van der Waals surface area contributed by atoms with E-state index in [0.29, 0.717) is 16.7 Å². The number of allylic oxidation sites excluding steroid dienone is 3. The van der Waals surface area contributed by atoms with Crippen LogP contribution >= 0.6 is 0 Å². The lowest BCUT2D eigenvalue weighted by Gasteiger charge is -2.14. The number of carbonyl (C=O) groups is 1. The maximum absolute atomic E-state index is 12.5. The number of anilines is 1. The van der Waals surface area contributed by atoms with Crippen LogP contribution in [0.3, 0.4) is 0 Å². The van der Waals surface area contributed by atoms with Crippen molar-refractivity contribution >= 4 is 22.6 Å². The monoisotopic (exact) mass is 460 g/mol. The molecule has 0 fully saturated rings. The van der Waals surface area contributed by atoms with E-state index >= 15 is 0 Å². The molecular weight excluding hydrogens is 437 g/mol. The minimum atomic E-state index is -4.57. The average Bonchev–Trinajstić information content (AvgIpc) is 3.17. The molecule has 2 heterocycles. The Hall–Kier alpha value is -3.86. The maximum atomic E-state index is 12.5. The summed E-state index contributed by atoms with van der Waals surface area (Å²) in [6.45, 7) is 1.67. The molecule has 1 unspecified atom stereocenters. The van der Waals surface area contributed by atoms with Gasteiger partial charge in [0.05, 0.1) is 17.1 Å². The van der Waals surface area contributed by atoms with Gasteiger partial charge in [-0.3, -0.25) is 9.36 Å². The number of nitrogens with one attached hydrogen (secondary N) is 2.